The molecular weight excluding hydrogens is 228 g/mol. The van der Waals surface area contributed by atoms with Crippen LogP contribution in [0.25, 0.3) is 0 Å². The number of amides is 2. The number of benzene rings is 1. The molecule has 1 fully saturated rings. The van der Waals surface area contributed by atoms with Crippen LogP contribution in [0.1, 0.15) is 37.6 Å². The Morgan fingerprint density at radius 1 is 1.22 bits per heavy atom. The van der Waals surface area contributed by atoms with E-state index in [0.717, 1.165) is 6.42 Å². The van der Waals surface area contributed by atoms with Crippen LogP contribution in [0.15, 0.2) is 24.3 Å². The molecule has 0 saturated heterocycles. The third kappa shape index (κ3) is 2.88. The largest absolute Gasteiger partial charge is 0.335 e. The van der Waals surface area contributed by atoms with Gasteiger partial charge in [-0.25, -0.2) is 4.79 Å². The highest BCUT2D eigenvalue weighted by Gasteiger charge is 2.46. The highest BCUT2D eigenvalue weighted by atomic mass is 16.2. The molecule has 1 aromatic rings. The topological polar surface area (TPSA) is 58.2 Å². The van der Waals surface area contributed by atoms with Gasteiger partial charge in [-0.05, 0) is 43.0 Å². The van der Waals surface area contributed by atoms with Gasteiger partial charge in [-0.15, -0.1) is 0 Å². The van der Waals surface area contributed by atoms with E-state index < -0.39 is 0 Å². The van der Waals surface area contributed by atoms with E-state index in [2.05, 4.69) is 24.5 Å². The van der Waals surface area contributed by atoms with Gasteiger partial charge in [-0.3, -0.25) is 4.79 Å². The summed E-state index contributed by atoms with van der Waals surface area (Å²) in [6, 6.07) is 6.94. The first-order valence-electron chi connectivity index (χ1n) is 6.07. The summed E-state index contributed by atoms with van der Waals surface area (Å²) in [6.07, 6.45) is 1.02. The maximum absolute atomic E-state index is 11.7. The zero-order valence-electron chi connectivity index (χ0n) is 10.9. The van der Waals surface area contributed by atoms with E-state index in [1.807, 2.05) is 0 Å². The van der Waals surface area contributed by atoms with E-state index in [9.17, 15) is 9.59 Å². The van der Waals surface area contributed by atoms with Gasteiger partial charge in [0.05, 0.1) is 0 Å². The second kappa shape index (κ2) is 4.44. The van der Waals surface area contributed by atoms with Crippen LogP contribution in [-0.2, 0) is 0 Å². The second-order valence-electron chi connectivity index (χ2n) is 5.48. The molecule has 0 aromatic heterocycles. The van der Waals surface area contributed by atoms with Crippen molar-refractivity contribution in [1.29, 1.82) is 0 Å². The van der Waals surface area contributed by atoms with Crippen LogP contribution in [0.3, 0.4) is 0 Å². The first-order valence-corrected chi connectivity index (χ1v) is 6.07. The number of nitrogens with one attached hydrogen (secondary N) is 2. The molecule has 0 radical (unpaired) electrons. The molecule has 1 aromatic carbocycles. The Bertz CT molecular complexity index is 477. The third-order valence-corrected chi connectivity index (χ3v) is 3.37. The fourth-order valence-corrected chi connectivity index (χ4v) is 1.83. The van der Waals surface area contributed by atoms with E-state index in [-0.39, 0.29) is 23.3 Å². The zero-order chi connectivity index (χ0) is 13.3. The molecule has 0 spiro atoms. The van der Waals surface area contributed by atoms with Gasteiger partial charge in [0, 0.05) is 17.3 Å². The maximum Gasteiger partial charge on any atom is 0.319 e. The summed E-state index contributed by atoms with van der Waals surface area (Å²) in [5, 5.41) is 5.67. The van der Waals surface area contributed by atoms with E-state index in [4.69, 9.17) is 0 Å². The fourth-order valence-electron chi connectivity index (χ4n) is 1.83. The molecule has 18 heavy (non-hydrogen) atoms. The second-order valence-corrected chi connectivity index (χ2v) is 5.48. The summed E-state index contributed by atoms with van der Waals surface area (Å²) in [4.78, 5) is 22.8. The minimum atomic E-state index is -0.193. The van der Waals surface area contributed by atoms with E-state index in [1.54, 1.807) is 24.3 Å². The van der Waals surface area contributed by atoms with Gasteiger partial charge in [0.15, 0.2) is 5.78 Å². The molecule has 4 heteroatoms. The van der Waals surface area contributed by atoms with Gasteiger partial charge >= 0.3 is 6.03 Å². The summed E-state index contributed by atoms with van der Waals surface area (Å²) >= 11 is 0. The summed E-state index contributed by atoms with van der Waals surface area (Å²) in [6.45, 7) is 5.77. The number of carbonyl (C=O) groups is 2. The monoisotopic (exact) mass is 246 g/mol. The van der Waals surface area contributed by atoms with Gasteiger partial charge in [-0.2, -0.15) is 0 Å². The number of hydrogen-bond donors (Lipinski definition) is 2. The van der Waals surface area contributed by atoms with E-state index in [0.29, 0.717) is 11.3 Å². The van der Waals surface area contributed by atoms with Crippen LogP contribution >= 0.6 is 0 Å². The summed E-state index contributed by atoms with van der Waals surface area (Å²) in [5.41, 5.74) is 1.55. The molecule has 2 N–H and O–H groups in total. The van der Waals surface area contributed by atoms with Crippen molar-refractivity contribution >= 4 is 17.5 Å². The molecule has 1 aliphatic rings. The fraction of sp³-hybridized carbons (Fsp3) is 0.429. The molecule has 96 valence electrons. The van der Waals surface area contributed by atoms with Crippen LogP contribution in [0, 0.1) is 5.41 Å². The van der Waals surface area contributed by atoms with Crippen LogP contribution in [0.5, 0.6) is 0 Å². The van der Waals surface area contributed by atoms with Crippen molar-refractivity contribution in [2.24, 2.45) is 5.41 Å². The van der Waals surface area contributed by atoms with Crippen LogP contribution in [-0.4, -0.2) is 17.9 Å². The SMILES string of the molecule is CC(=O)c1ccc(NC(=O)NC2CC2(C)C)cc1. The average Bonchev–Trinajstić information content (AvgIpc) is 2.86. The Labute approximate surface area is 107 Å². The van der Waals surface area contributed by atoms with Crippen molar-refractivity contribution in [2.45, 2.75) is 33.2 Å². The molecular formula is C14H18N2O2. The van der Waals surface area contributed by atoms with Crippen LogP contribution < -0.4 is 10.6 Å². The molecule has 0 bridgehead atoms. The Hall–Kier alpha value is -1.84. The Balaban J connectivity index is 1.89. The Kier molecular flexibility index (Phi) is 3.11. The standard InChI is InChI=1S/C14H18N2O2/c1-9(17)10-4-6-11(7-5-10)15-13(18)16-12-8-14(12,2)3/h4-7,12H,8H2,1-3H3,(H2,15,16,18). The number of urea groups is 1. The van der Waals surface area contributed by atoms with Crippen molar-refractivity contribution in [3.63, 3.8) is 0 Å². The minimum Gasteiger partial charge on any atom is -0.335 e. The molecule has 1 unspecified atom stereocenters. The predicted molar refractivity (Wildman–Crippen MR) is 70.8 cm³/mol. The lowest BCUT2D eigenvalue weighted by atomic mass is 10.1. The quantitative estimate of drug-likeness (QED) is 0.806. The van der Waals surface area contributed by atoms with Crippen molar-refractivity contribution < 1.29 is 9.59 Å². The number of carbonyl (C=O) groups excluding carboxylic acids is 2. The molecule has 1 atom stereocenters. The van der Waals surface area contributed by atoms with Gasteiger partial charge in [0.25, 0.3) is 0 Å². The van der Waals surface area contributed by atoms with Crippen molar-refractivity contribution in [3.05, 3.63) is 29.8 Å². The lowest BCUT2D eigenvalue weighted by molar-refractivity contribution is 0.101. The van der Waals surface area contributed by atoms with Gasteiger partial charge < -0.3 is 10.6 Å². The Morgan fingerprint density at radius 2 is 1.78 bits per heavy atom. The highest BCUT2D eigenvalue weighted by Crippen LogP contribution is 2.44. The molecule has 0 heterocycles. The van der Waals surface area contributed by atoms with Gasteiger partial charge in [-0.1, -0.05) is 13.8 Å². The maximum atomic E-state index is 11.7. The Morgan fingerprint density at radius 3 is 2.22 bits per heavy atom. The molecule has 2 rings (SSSR count). The molecule has 0 aliphatic heterocycles. The van der Waals surface area contributed by atoms with Crippen molar-refractivity contribution in [3.8, 4) is 0 Å². The average molecular weight is 246 g/mol. The van der Waals surface area contributed by atoms with Crippen molar-refractivity contribution in [2.75, 3.05) is 5.32 Å². The summed E-state index contributed by atoms with van der Waals surface area (Å²) in [5.74, 6) is 0.0192. The molecule has 1 saturated carbocycles. The number of Topliss-reactive ketones (excluding diaryl/α,β-unsaturated/α-hetero) is 1. The lowest BCUT2D eigenvalue weighted by Crippen LogP contribution is -2.32. The van der Waals surface area contributed by atoms with E-state index >= 15 is 0 Å². The lowest BCUT2D eigenvalue weighted by Gasteiger charge is -2.09. The first-order chi connectivity index (χ1) is 8.38. The van der Waals surface area contributed by atoms with E-state index in [1.165, 1.54) is 6.92 Å². The third-order valence-electron chi connectivity index (χ3n) is 3.37. The van der Waals surface area contributed by atoms with Gasteiger partial charge in [0.1, 0.15) is 0 Å². The van der Waals surface area contributed by atoms with Crippen LogP contribution in [0.4, 0.5) is 10.5 Å². The zero-order valence-corrected chi connectivity index (χ0v) is 10.9. The summed E-state index contributed by atoms with van der Waals surface area (Å²) < 4.78 is 0. The smallest absolute Gasteiger partial charge is 0.319 e. The molecule has 2 amide bonds. The molecule has 4 nitrogen and oxygen atoms in total. The predicted octanol–water partition coefficient (Wildman–Crippen LogP) is 2.81. The van der Waals surface area contributed by atoms with Crippen LogP contribution in [0.2, 0.25) is 0 Å². The minimum absolute atomic E-state index is 0.0192. The normalized spacial score (nSPS) is 20.1. The number of anilines is 1. The van der Waals surface area contributed by atoms with Crippen molar-refractivity contribution in [1.82, 2.24) is 5.32 Å². The van der Waals surface area contributed by atoms with Gasteiger partial charge in [0.2, 0.25) is 0 Å². The molecule has 1 aliphatic carbocycles. The number of hydrogen-bond acceptors (Lipinski definition) is 2. The highest BCUT2D eigenvalue weighted by molar-refractivity contribution is 5.95. The number of rotatable bonds is 3. The number of ketones is 1. The first kappa shape index (κ1) is 12.6. The summed E-state index contributed by atoms with van der Waals surface area (Å²) in [7, 11) is 0.